The van der Waals surface area contributed by atoms with Crippen molar-refractivity contribution in [3.8, 4) is 11.3 Å². The van der Waals surface area contributed by atoms with Gasteiger partial charge in [0, 0.05) is 12.1 Å². The molecule has 26 heavy (non-hydrogen) atoms. The molecule has 4 rings (SSSR count). The van der Waals surface area contributed by atoms with Crippen LogP contribution in [0.5, 0.6) is 0 Å². The van der Waals surface area contributed by atoms with Gasteiger partial charge in [-0.2, -0.15) is 9.97 Å². The monoisotopic (exact) mass is 370 g/mol. The lowest BCUT2D eigenvalue weighted by atomic mass is 10.1. The zero-order chi connectivity index (χ0) is 18.1. The summed E-state index contributed by atoms with van der Waals surface area (Å²) in [5.74, 6) is 0.791. The Balaban J connectivity index is 1.81. The van der Waals surface area contributed by atoms with Crippen LogP contribution in [0.1, 0.15) is 12.5 Å². The van der Waals surface area contributed by atoms with Gasteiger partial charge >= 0.3 is 0 Å². The first kappa shape index (κ1) is 17.1. The summed E-state index contributed by atoms with van der Waals surface area (Å²) in [4.78, 5) is 15.7. The molecule has 6 nitrogen and oxygen atoms in total. The van der Waals surface area contributed by atoms with E-state index in [1.165, 1.54) is 0 Å². The second-order valence-electron chi connectivity index (χ2n) is 6.36. The van der Waals surface area contributed by atoms with Gasteiger partial charge in [-0.15, -0.1) is 0 Å². The molecule has 1 aliphatic heterocycles. The zero-order valence-electron chi connectivity index (χ0n) is 14.4. The van der Waals surface area contributed by atoms with Crippen molar-refractivity contribution in [2.24, 2.45) is 0 Å². The number of aliphatic hydroxyl groups excluding tert-OH is 1. The minimum atomic E-state index is -0.00547. The van der Waals surface area contributed by atoms with Gasteiger partial charge in [0.15, 0.2) is 5.65 Å². The largest absolute Gasteiger partial charge is 0.392 e. The fourth-order valence-corrected chi connectivity index (χ4v) is 3.38. The Hall–Kier alpha value is -2.28. The maximum absolute atomic E-state index is 9.35. The van der Waals surface area contributed by atoms with Crippen LogP contribution in [-0.4, -0.2) is 45.9 Å². The van der Waals surface area contributed by atoms with Crippen LogP contribution < -0.4 is 4.90 Å². The molecule has 3 aromatic rings. The highest BCUT2D eigenvalue weighted by Crippen LogP contribution is 2.29. The molecular weight excluding hydrogens is 352 g/mol. The molecule has 0 spiro atoms. The molecule has 134 valence electrons. The number of aliphatic hydroxyl groups is 1. The molecule has 0 saturated carbocycles. The second kappa shape index (κ2) is 7.15. The average molecular weight is 371 g/mol. The predicted molar refractivity (Wildman–Crippen MR) is 101 cm³/mol. The zero-order valence-corrected chi connectivity index (χ0v) is 15.1. The van der Waals surface area contributed by atoms with Crippen LogP contribution in [0.2, 0.25) is 5.28 Å². The standard InChI is InChI=1S/C19H19ClN4O2/c1-12-11-26-8-7-24(12)18-15-5-6-16(21-17(15)22-19(20)23-18)14-4-2-3-13(9-14)10-25/h2-6,9,12,25H,7-8,10-11H2,1H3/t12-/m0/s1. The van der Waals surface area contributed by atoms with E-state index < -0.39 is 0 Å². The van der Waals surface area contributed by atoms with Gasteiger partial charge in [-0.3, -0.25) is 0 Å². The van der Waals surface area contributed by atoms with Crippen molar-refractivity contribution in [1.82, 2.24) is 15.0 Å². The molecule has 0 unspecified atom stereocenters. The number of fused-ring (bicyclic) bond motifs is 1. The van der Waals surface area contributed by atoms with Crippen LogP contribution in [0.3, 0.4) is 0 Å². The van der Waals surface area contributed by atoms with Crippen molar-refractivity contribution in [2.45, 2.75) is 19.6 Å². The smallest absolute Gasteiger partial charge is 0.226 e. The maximum Gasteiger partial charge on any atom is 0.226 e. The normalized spacial score (nSPS) is 17.7. The summed E-state index contributed by atoms with van der Waals surface area (Å²) >= 11 is 6.18. The van der Waals surface area contributed by atoms with Gasteiger partial charge in [0.25, 0.3) is 0 Å². The van der Waals surface area contributed by atoms with E-state index in [1.54, 1.807) is 0 Å². The first-order valence-electron chi connectivity index (χ1n) is 8.54. The summed E-state index contributed by atoms with van der Waals surface area (Å²) in [5.41, 5.74) is 3.11. The Morgan fingerprint density at radius 3 is 2.92 bits per heavy atom. The van der Waals surface area contributed by atoms with E-state index in [1.807, 2.05) is 36.4 Å². The molecule has 7 heteroatoms. The SMILES string of the molecule is C[C@H]1COCCN1c1nc(Cl)nc2nc(-c3cccc(CO)c3)ccc12. The minimum Gasteiger partial charge on any atom is -0.392 e. The minimum absolute atomic E-state index is 0.00547. The fourth-order valence-electron chi connectivity index (χ4n) is 3.22. The summed E-state index contributed by atoms with van der Waals surface area (Å²) < 4.78 is 5.52. The van der Waals surface area contributed by atoms with Gasteiger partial charge in [0.1, 0.15) is 5.82 Å². The summed E-state index contributed by atoms with van der Waals surface area (Å²) in [6.45, 7) is 4.16. The van der Waals surface area contributed by atoms with E-state index in [0.29, 0.717) is 18.9 Å². The number of nitrogens with zero attached hydrogens (tertiary/aromatic N) is 4. The van der Waals surface area contributed by atoms with E-state index in [2.05, 4.69) is 26.8 Å². The van der Waals surface area contributed by atoms with Crippen molar-refractivity contribution >= 4 is 28.5 Å². The van der Waals surface area contributed by atoms with E-state index in [9.17, 15) is 5.11 Å². The van der Waals surface area contributed by atoms with E-state index in [0.717, 1.165) is 34.6 Å². The van der Waals surface area contributed by atoms with Crippen molar-refractivity contribution in [2.75, 3.05) is 24.7 Å². The van der Waals surface area contributed by atoms with Gasteiger partial charge < -0.3 is 14.7 Å². The molecule has 0 amide bonds. The molecule has 1 aromatic carbocycles. The fraction of sp³-hybridized carbons (Fsp3) is 0.316. The van der Waals surface area contributed by atoms with Crippen LogP contribution in [0.4, 0.5) is 5.82 Å². The van der Waals surface area contributed by atoms with Crippen molar-refractivity contribution < 1.29 is 9.84 Å². The van der Waals surface area contributed by atoms with Crippen molar-refractivity contribution in [3.05, 3.63) is 47.2 Å². The quantitative estimate of drug-likeness (QED) is 0.714. The van der Waals surface area contributed by atoms with E-state index >= 15 is 0 Å². The highest BCUT2D eigenvalue weighted by Gasteiger charge is 2.23. The number of anilines is 1. The van der Waals surface area contributed by atoms with Gasteiger partial charge in [0.05, 0.1) is 36.9 Å². The lowest BCUT2D eigenvalue weighted by molar-refractivity contribution is 0.0987. The highest BCUT2D eigenvalue weighted by atomic mass is 35.5. The molecule has 0 radical (unpaired) electrons. The lowest BCUT2D eigenvalue weighted by Gasteiger charge is -2.34. The molecule has 1 fully saturated rings. The average Bonchev–Trinajstić information content (AvgIpc) is 2.67. The Labute approximate surface area is 156 Å². The second-order valence-corrected chi connectivity index (χ2v) is 6.70. The highest BCUT2D eigenvalue weighted by molar-refractivity contribution is 6.28. The molecule has 2 aromatic heterocycles. The number of rotatable bonds is 3. The third-order valence-corrected chi connectivity index (χ3v) is 4.73. The van der Waals surface area contributed by atoms with Gasteiger partial charge in [-0.25, -0.2) is 4.98 Å². The summed E-state index contributed by atoms with van der Waals surface area (Å²) in [6, 6.07) is 11.8. The first-order valence-corrected chi connectivity index (χ1v) is 8.92. The Morgan fingerprint density at radius 2 is 2.12 bits per heavy atom. The molecule has 3 heterocycles. The summed E-state index contributed by atoms with van der Waals surface area (Å²) in [7, 11) is 0. The topological polar surface area (TPSA) is 71.4 Å². The van der Waals surface area contributed by atoms with Crippen LogP contribution in [0.15, 0.2) is 36.4 Å². The van der Waals surface area contributed by atoms with Crippen molar-refractivity contribution in [3.63, 3.8) is 0 Å². The molecular formula is C19H19ClN4O2. The maximum atomic E-state index is 9.35. The van der Waals surface area contributed by atoms with Gasteiger partial charge in [-0.1, -0.05) is 18.2 Å². The Kier molecular flexibility index (Phi) is 4.72. The lowest BCUT2D eigenvalue weighted by Crippen LogP contribution is -2.44. The van der Waals surface area contributed by atoms with Crippen LogP contribution in [0.25, 0.3) is 22.3 Å². The molecule has 0 aliphatic carbocycles. The van der Waals surface area contributed by atoms with Crippen LogP contribution in [0, 0.1) is 0 Å². The number of ether oxygens (including phenoxy) is 1. The molecule has 1 aliphatic rings. The Bertz CT molecular complexity index is 950. The summed E-state index contributed by atoms with van der Waals surface area (Å²) in [6.07, 6.45) is 0. The Morgan fingerprint density at radius 1 is 1.23 bits per heavy atom. The van der Waals surface area contributed by atoms with E-state index in [4.69, 9.17) is 16.3 Å². The third kappa shape index (κ3) is 3.23. The van der Waals surface area contributed by atoms with Gasteiger partial charge in [0.2, 0.25) is 5.28 Å². The number of benzene rings is 1. The number of hydrogen-bond donors (Lipinski definition) is 1. The number of morpholine rings is 1. The summed E-state index contributed by atoms with van der Waals surface area (Å²) in [5, 5.41) is 10.4. The number of aromatic nitrogens is 3. The van der Waals surface area contributed by atoms with E-state index in [-0.39, 0.29) is 17.9 Å². The molecule has 1 N–H and O–H groups in total. The molecule has 1 saturated heterocycles. The van der Waals surface area contributed by atoms with Crippen LogP contribution >= 0.6 is 11.6 Å². The third-order valence-electron chi connectivity index (χ3n) is 4.56. The predicted octanol–water partition coefficient (Wildman–Crippen LogP) is 3.06. The number of pyridine rings is 1. The number of halogens is 1. The van der Waals surface area contributed by atoms with Crippen molar-refractivity contribution in [1.29, 1.82) is 0 Å². The number of hydrogen-bond acceptors (Lipinski definition) is 6. The van der Waals surface area contributed by atoms with Gasteiger partial charge in [-0.05, 0) is 42.3 Å². The first-order chi connectivity index (χ1) is 12.7. The van der Waals surface area contributed by atoms with Crippen LogP contribution in [-0.2, 0) is 11.3 Å². The molecule has 1 atom stereocenters. The molecule has 0 bridgehead atoms.